The highest BCUT2D eigenvalue weighted by atomic mass is 35.5. The molecule has 6 nitrogen and oxygen atoms in total. The number of hydrogen-bond donors (Lipinski definition) is 0. The number of carbonyl (C=O) groups is 1. The molecule has 26 heavy (non-hydrogen) atoms. The van der Waals surface area contributed by atoms with Gasteiger partial charge in [-0.2, -0.15) is 4.98 Å². The number of halogens is 2. The fraction of sp³-hybridized carbons (Fsp3) is 0.167. The minimum Gasteiger partial charge on any atom is -0.482 e. The van der Waals surface area contributed by atoms with Gasteiger partial charge in [0.1, 0.15) is 18.1 Å². The molecule has 0 radical (unpaired) electrons. The van der Waals surface area contributed by atoms with Gasteiger partial charge in [0, 0.05) is 5.56 Å². The molecule has 132 valence electrons. The molecule has 0 saturated heterocycles. The second kappa shape index (κ2) is 6.42. The molecule has 0 saturated carbocycles. The van der Waals surface area contributed by atoms with Crippen LogP contribution in [0.25, 0.3) is 11.4 Å². The summed E-state index contributed by atoms with van der Waals surface area (Å²) in [6.07, 6.45) is 0. The average Bonchev–Trinajstić information content (AvgIpc) is 3.09. The van der Waals surface area contributed by atoms with Crippen molar-refractivity contribution < 1.29 is 18.4 Å². The van der Waals surface area contributed by atoms with E-state index in [0.717, 1.165) is 5.56 Å². The Morgan fingerprint density at radius 2 is 2.12 bits per heavy atom. The average molecular weight is 374 g/mol. The number of amides is 1. The normalized spacial score (nSPS) is 13.5. The minimum absolute atomic E-state index is 0.0263. The molecule has 1 aliphatic heterocycles. The monoisotopic (exact) mass is 373 g/mol. The number of aromatic nitrogens is 2. The molecule has 0 bridgehead atoms. The number of fused-ring (bicyclic) bond motifs is 1. The molecule has 1 aliphatic rings. The number of ether oxygens (including phenoxy) is 1. The van der Waals surface area contributed by atoms with Crippen LogP contribution >= 0.6 is 11.6 Å². The molecule has 0 aliphatic carbocycles. The zero-order valence-corrected chi connectivity index (χ0v) is 14.5. The summed E-state index contributed by atoms with van der Waals surface area (Å²) in [7, 11) is 0. The molecular weight excluding hydrogens is 361 g/mol. The van der Waals surface area contributed by atoms with Gasteiger partial charge >= 0.3 is 0 Å². The van der Waals surface area contributed by atoms with Crippen LogP contribution in [0.1, 0.15) is 11.5 Å². The molecule has 1 aromatic heterocycles. The summed E-state index contributed by atoms with van der Waals surface area (Å²) in [6, 6.07) is 9.76. The summed E-state index contributed by atoms with van der Waals surface area (Å²) in [6.45, 7) is 1.99. The van der Waals surface area contributed by atoms with E-state index in [1.807, 2.05) is 25.1 Å². The van der Waals surface area contributed by atoms with Gasteiger partial charge in [-0.3, -0.25) is 9.69 Å². The van der Waals surface area contributed by atoms with Crippen LogP contribution in [0.15, 0.2) is 40.9 Å². The van der Waals surface area contributed by atoms with E-state index in [1.54, 1.807) is 4.90 Å². The maximum absolute atomic E-state index is 13.3. The van der Waals surface area contributed by atoms with E-state index in [2.05, 4.69) is 10.1 Å². The molecule has 1 amide bonds. The van der Waals surface area contributed by atoms with E-state index >= 15 is 0 Å². The van der Waals surface area contributed by atoms with Crippen LogP contribution in [-0.2, 0) is 11.3 Å². The Morgan fingerprint density at radius 1 is 1.27 bits per heavy atom. The van der Waals surface area contributed by atoms with Crippen molar-refractivity contribution >= 4 is 23.2 Å². The first kappa shape index (κ1) is 16.5. The van der Waals surface area contributed by atoms with E-state index in [-0.39, 0.29) is 35.8 Å². The van der Waals surface area contributed by atoms with Crippen molar-refractivity contribution in [2.45, 2.75) is 13.5 Å². The minimum atomic E-state index is -0.523. The number of carbonyl (C=O) groups excluding carboxylic acids is 1. The highest BCUT2D eigenvalue weighted by Gasteiger charge is 2.27. The largest absolute Gasteiger partial charge is 0.482 e. The Bertz CT molecular complexity index is 1010. The third-order valence-electron chi connectivity index (χ3n) is 4.00. The van der Waals surface area contributed by atoms with Crippen molar-refractivity contribution in [3.8, 4) is 17.1 Å². The molecule has 0 fully saturated rings. The van der Waals surface area contributed by atoms with Crippen molar-refractivity contribution in [2.24, 2.45) is 0 Å². The summed E-state index contributed by atoms with van der Waals surface area (Å²) in [4.78, 5) is 18.1. The lowest BCUT2D eigenvalue weighted by molar-refractivity contribution is -0.121. The first-order valence-electron chi connectivity index (χ1n) is 7.83. The molecule has 0 N–H and O–H groups in total. The third-order valence-corrected chi connectivity index (χ3v) is 4.29. The predicted octanol–water partition coefficient (Wildman–Crippen LogP) is 3.76. The van der Waals surface area contributed by atoms with E-state index in [9.17, 15) is 9.18 Å². The van der Waals surface area contributed by atoms with Crippen LogP contribution in [0.2, 0.25) is 5.02 Å². The van der Waals surface area contributed by atoms with Gasteiger partial charge < -0.3 is 9.26 Å². The van der Waals surface area contributed by atoms with Gasteiger partial charge in [0.15, 0.2) is 6.61 Å². The summed E-state index contributed by atoms with van der Waals surface area (Å²) in [5.41, 5.74) is 2.18. The van der Waals surface area contributed by atoms with Crippen molar-refractivity contribution in [1.82, 2.24) is 10.1 Å². The Balaban J connectivity index is 1.62. The van der Waals surface area contributed by atoms with Crippen LogP contribution in [0, 0.1) is 12.7 Å². The van der Waals surface area contributed by atoms with Crippen molar-refractivity contribution in [1.29, 1.82) is 0 Å². The number of nitrogens with zero attached hydrogens (tertiary/aromatic N) is 3. The van der Waals surface area contributed by atoms with E-state index < -0.39 is 5.82 Å². The highest BCUT2D eigenvalue weighted by molar-refractivity contribution is 6.31. The van der Waals surface area contributed by atoms with E-state index in [1.165, 1.54) is 18.2 Å². The Hall–Kier alpha value is -2.93. The maximum Gasteiger partial charge on any atom is 0.265 e. The van der Waals surface area contributed by atoms with Crippen molar-refractivity contribution in [2.75, 3.05) is 11.5 Å². The number of rotatable bonds is 3. The number of hydrogen-bond acceptors (Lipinski definition) is 5. The zero-order valence-electron chi connectivity index (χ0n) is 13.7. The Labute approximate surface area is 153 Å². The number of anilines is 1. The van der Waals surface area contributed by atoms with Crippen LogP contribution in [0.3, 0.4) is 0 Å². The molecule has 0 spiro atoms. The first-order chi connectivity index (χ1) is 12.5. The molecule has 2 heterocycles. The number of benzene rings is 2. The summed E-state index contributed by atoms with van der Waals surface area (Å²) in [5, 5.41) is 3.86. The Kier molecular flexibility index (Phi) is 4.08. The second-order valence-electron chi connectivity index (χ2n) is 5.88. The SMILES string of the molecule is Cc1ccc2c(c1)N(Cc1nc(-c3ccc(F)c(Cl)c3)no1)C(=O)CO2. The van der Waals surface area contributed by atoms with Crippen molar-refractivity contribution in [3.05, 3.63) is 58.7 Å². The molecule has 2 aromatic carbocycles. The van der Waals surface area contributed by atoms with Gasteiger partial charge in [-0.15, -0.1) is 0 Å². The molecule has 0 unspecified atom stereocenters. The standard InChI is InChI=1S/C18H13ClFN3O3/c1-10-2-5-15-14(6-10)23(17(24)9-25-15)8-16-21-18(22-26-16)11-3-4-13(20)12(19)7-11/h2-7H,8-9H2,1H3. The molecule has 4 rings (SSSR count). The zero-order chi connectivity index (χ0) is 18.3. The third kappa shape index (κ3) is 3.01. The van der Waals surface area contributed by atoms with Crippen molar-refractivity contribution in [3.63, 3.8) is 0 Å². The lowest BCUT2D eigenvalue weighted by Crippen LogP contribution is -2.38. The second-order valence-corrected chi connectivity index (χ2v) is 6.29. The fourth-order valence-electron chi connectivity index (χ4n) is 2.69. The molecule has 0 atom stereocenters. The number of aryl methyl sites for hydroxylation is 1. The van der Waals surface area contributed by atoms with Gasteiger partial charge in [-0.1, -0.05) is 22.8 Å². The van der Waals surface area contributed by atoms with Crippen LogP contribution in [0.4, 0.5) is 10.1 Å². The first-order valence-corrected chi connectivity index (χ1v) is 8.21. The lowest BCUT2D eigenvalue weighted by atomic mass is 10.1. The maximum atomic E-state index is 13.3. The van der Waals surface area contributed by atoms with Crippen LogP contribution < -0.4 is 9.64 Å². The fourth-order valence-corrected chi connectivity index (χ4v) is 2.87. The van der Waals surface area contributed by atoms with E-state index in [0.29, 0.717) is 17.0 Å². The highest BCUT2D eigenvalue weighted by Crippen LogP contribution is 2.34. The van der Waals surface area contributed by atoms with Gasteiger partial charge in [0.05, 0.1) is 10.7 Å². The molecule has 3 aromatic rings. The summed E-state index contributed by atoms with van der Waals surface area (Å²) in [5.74, 6) is 0.424. The Morgan fingerprint density at radius 3 is 2.92 bits per heavy atom. The van der Waals surface area contributed by atoms with Crippen LogP contribution in [0.5, 0.6) is 5.75 Å². The van der Waals surface area contributed by atoms with Gasteiger partial charge in [0.2, 0.25) is 11.7 Å². The van der Waals surface area contributed by atoms with E-state index in [4.69, 9.17) is 20.9 Å². The van der Waals surface area contributed by atoms with Gasteiger partial charge in [0.25, 0.3) is 5.91 Å². The molecular formula is C18H13ClFN3O3. The smallest absolute Gasteiger partial charge is 0.265 e. The lowest BCUT2D eigenvalue weighted by Gasteiger charge is -2.28. The topological polar surface area (TPSA) is 68.5 Å². The summed E-state index contributed by atoms with van der Waals surface area (Å²) < 4.78 is 24.0. The quantitative estimate of drug-likeness (QED) is 0.699. The predicted molar refractivity (Wildman–Crippen MR) is 92.6 cm³/mol. The molecule has 8 heteroatoms. The van der Waals surface area contributed by atoms with Gasteiger partial charge in [-0.25, -0.2) is 4.39 Å². The van der Waals surface area contributed by atoms with Crippen LogP contribution in [-0.4, -0.2) is 22.7 Å². The van der Waals surface area contributed by atoms with Gasteiger partial charge in [-0.05, 0) is 42.8 Å². The summed E-state index contributed by atoms with van der Waals surface area (Å²) >= 11 is 5.79.